The van der Waals surface area contributed by atoms with Crippen LogP contribution in [-0.2, 0) is 10.0 Å². The normalized spacial score (nSPS) is 23.8. The third kappa shape index (κ3) is 4.27. The van der Waals surface area contributed by atoms with Crippen LogP contribution in [-0.4, -0.2) is 50.7 Å². The summed E-state index contributed by atoms with van der Waals surface area (Å²) in [6.07, 6.45) is 2.63. The number of hydrogen-bond donors (Lipinski definition) is 1. The maximum atomic E-state index is 12.8. The van der Waals surface area contributed by atoms with Gasteiger partial charge in [0.25, 0.3) is 5.91 Å². The van der Waals surface area contributed by atoms with Gasteiger partial charge in [0.15, 0.2) is 0 Å². The number of nitrogens with two attached hydrogens (primary N) is 1. The van der Waals surface area contributed by atoms with E-state index in [0.29, 0.717) is 36.7 Å². The van der Waals surface area contributed by atoms with Crippen LogP contribution < -0.4 is 10.0 Å². The number of sulfonamides is 1. The second-order valence-corrected chi connectivity index (χ2v) is 8.82. The summed E-state index contributed by atoms with van der Waals surface area (Å²) in [5, 5.41) is 0. The first-order valence-electron chi connectivity index (χ1n) is 8.54. The Hall–Kier alpha value is -1.31. The Kier molecular flexibility index (Phi) is 6.35. The largest absolute Gasteiger partial charge is 0.338 e. The lowest BCUT2D eigenvalue weighted by Gasteiger charge is -2.34. The summed E-state index contributed by atoms with van der Waals surface area (Å²) >= 11 is 0. The number of piperidine rings is 1. The van der Waals surface area contributed by atoms with Gasteiger partial charge in [-0.25, -0.2) is 8.42 Å². The van der Waals surface area contributed by atoms with Crippen LogP contribution in [0.3, 0.4) is 0 Å². The van der Waals surface area contributed by atoms with Gasteiger partial charge in [0.1, 0.15) is 0 Å². The van der Waals surface area contributed by atoms with Gasteiger partial charge in [-0.2, -0.15) is 0 Å². The first-order chi connectivity index (χ1) is 11.4. The molecule has 0 spiro atoms. The number of likely N-dealkylation sites (tertiary alicyclic amines) is 1. The summed E-state index contributed by atoms with van der Waals surface area (Å²) in [6.45, 7) is 3.87. The molecule has 2 heterocycles. The molecule has 1 amide bonds. The number of carbonyl (C=O) groups excluding carboxylic acids is 1. The summed E-state index contributed by atoms with van der Waals surface area (Å²) in [4.78, 5) is 14.7. The average molecular weight is 388 g/mol. The van der Waals surface area contributed by atoms with Crippen molar-refractivity contribution < 1.29 is 13.2 Å². The van der Waals surface area contributed by atoms with Gasteiger partial charge in [-0.1, -0.05) is 6.07 Å². The zero-order chi connectivity index (χ0) is 17.3. The fraction of sp³-hybridized carbons (Fsp3) is 0.588. The maximum absolute atomic E-state index is 12.8. The van der Waals surface area contributed by atoms with E-state index in [-0.39, 0.29) is 30.1 Å². The summed E-state index contributed by atoms with van der Waals surface area (Å²) < 4.78 is 25.6. The molecule has 25 heavy (non-hydrogen) atoms. The number of hydrogen-bond acceptors (Lipinski definition) is 4. The first-order valence-corrected chi connectivity index (χ1v) is 10.1. The SMILES string of the molecule is CC(N)C1CCCN(C(=O)c2cccc(N3CCCS3(=O)=O)c2)C1.Cl. The molecule has 0 aliphatic carbocycles. The zero-order valence-electron chi connectivity index (χ0n) is 14.4. The van der Waals surface area contributed by atoms with Crippen molar-refractivity contribution in [2.45, 2.75) is 32.2 Å². The van der Waals surface area contributed by atoms with Gasteiger partial charge in [0.2, 0.25) is 10.0 Å². The number of benzene rings is 1. The number of nitrogens with zero attached hydrogens (tertiary/aromatic N) is 2. The van der Waals surface area contributed by atoms with Crippen LogP contribution in [0.4, 0.5) is 5.69 Å². The molecule has 2 N–H and O–H groups in total. The molecule has 0 radical (unpaired) electrons. The highest BCUT2D eigenvalue weighted by molar-refractivity contribution is 7.93. The Balaban J connectivity index is 0.00000225. The molecule has 2 unspecified atom stereocenters. The highest BCUT2D eigenvalue weighted by Gasteiger charge is 2.30. The molecule has 1 aromatic rings. The highest BCUT2D eigenvalue weighted by atomic mass is 35.5. The number of rotatable bonds is 3. The predicted molar refractivity (Wildman–Crippen MR) is 102 cm³/mol. The minimum atomic E-state index is -3.24. The molecule has 2 aliphatic rings. The van der Waals surface area contributed by atoms with Crippen molar-refractivity contribution >= 4 is 34.0 Å². The van der Waals surface area contributed by atoms with E-state index in [2.05, 4.69) is 0 Å². The van der Waals surface area contributed by atoms with Gasteiger partial charge in [-0.3, -0.25) is 9.10 Å². The van der Waals surface area contributed by atoms with Crippen LogP contribution in [0.5, 0.6) is 0 Å². The second-order valence-electron chi connectivity index (χ2n) is 6.80. The summed E-state index contributed by atoms with van der Waals surface area (Å²) in [7, 11) is -3.24. The van der Waals surface area contributed by atoms with Gasteiger partial charge in [-0.15, -0.1) is 12.4 Å². The van der Waals surface area contributed by atoms with Gasteiger partial charge >= 0.3 is 0 Å². The molecule has 8 heteroatoms. The summed E-state index contributed by atoms with van der Waals surface area (Å²) in [5.74, 6) is 0.455. The Morgan fingerprint density at radius 1 is 1.28 bits per heavy atom. The van der Waals surface area contributed by atoms with Crippen molar-refractivity contribution in [3.8, 4) is 0 Å². The zero-order valence-corrected chi connectivity index (χ0v) is 16.1. The monoisotopic (exact) mass is 387 g/mol. The number of halogens is 1. The number of amides is 1. The van der Waals surface area contributed by atoms with E-state index in [1.165, 1.54) is 4.31 Å². The topological polar surface area (TPSA) is 83.7 Å². The second kappa shape index (κ2) is 7.93. The van der Waals surface area contributed by atoms with Crippen LogP contribution in [0.25, 0.3) is 0 Å². The van der Waals surface area contributed by atoms with Gasteiger partial charge in [0, 0.05) is 31.2 Å². The Morgan fingerprint density at radius 2 is 2.04 bits per heavy atom. The first kappa shape index (κ1) is 20.0. The molecule has 1 aromatic carbocycles. The fourth-order valence-corrected chi connectivity index (χ4v) is 5.09. The smallest absolute Gasteiger partial charge is 0.253 e. The molecular formula is C17H26ClN3O3S. The van der Waals surface area contributed by atoms with Crippen molar-refractivity contribution in [1.29, 1.82) is 0 Å². The third-order valence-electron chi connectivity index (χ3n) is 4.97. The lowest BCUT2D eigenvalue weighted by Crippen LogP contribution is -2.45. The minimum absolute atomic E-state index is 0. The number of anilines is 1. The molecule has 6 nitrogen and oxygen atoms in total. The van der Waals surface area contributed by atoms with E-state index in [9.17, 15) is 13.2 Å². The minimum Gasteiger partial charge on any atom is -0.338 e. The van der Waals surface area contributed by atoms with E-state index >= 15 is 0 Å². The van der Waals surface area contributed by atoms with E-state index < -0.39 is 10.0 Å². The molecule has 2 saturated heterocycles. The van der Waals surface area contributed by atoms with Crippen LogP contribution in [0.1, 0.15) is 36.5 Å². The van der Waals surface area contributed by atoms with Crippen LogP contribution >= 0.6 is 12.4 Å². The quantitative estimate of drug-likeness (QED) is 0.857. The van der Waals surface area contributed by atoms with E-state index in [1.807, 2.05) is 11.8 Å². The molecule has 140 valence electrons. The van der Waals surface area contributed by atoms with Crippen molar-refractivity contribution in [1.82, 2.24) is 4.90 Å². The lowest BCUT2D eigenvalue weighted by molar-refractivity contribution is 0.0661. The predicted octanol–water partition coefficient (Wildman–Crippen LogP) is 1.85. The standard InChI is InChI=1S/C17H25N3O3S.ClH/c1-13(18)15-6-3-8-19(12-15)17(21)14-5-2-7-16(11-14)20-9-4-10-24(20,22)23;/h2,5,7,11,13,15H,3-4,6,8-10,12,18H2,1H3;1H. The molecule has 0 aromatic heterocycles. The molecule has 2 aliphatic heterocycles. The van der Waals surface area contributed by atoms with E-state index in [4.69, 9.17) is 5.73 Å². The van der Waals surface area contributed by atoms with Crippen molar-refractivity contribution in [3.63, 3.8) is 0 Å². The molecular weight excluding hydrogens is 362 g/mol. The molecule has 2 fully saturated rings. The molecule has 3 rings (SSSR count). The summed E-state index contributed by atoms with van der Waals surface area (Å²) in [6, 6.07) is 7.02. The Bertz CT molecular complexity index is 724. The fourth-order valence-electron chi connectivity index (χ4n) is 3.53. The van der Waals surface area contributed by atoms with Crippen LogP contribution in [0.2, 0.25) is 0 Å². The van der Waals surface area contributed by atoms with Crippen LogP contribution in [0.15, 0.2) is 24.3 Å². The van der Waals surface area contributed by atoms with Crippen molar-refractivity contribution in [2.75, 3.05) is 29.7 Å². The molecule has 2 atom stereocenters. The molecule has 0 bridgehead atoms. The van der Waals surface area contributed by atoms with Gasteiger partial charge in [0.05, 0.1) is 11.4 Å². The van der Waals surface area contributed by atoms with Crippen molar-refractivity contribution in [2.24, 2.45) is 11.7 Å². The van der Waals surface area contributed by atoms with E-state index in [1.54, 1.807) is 24.3 Å². The highest BCUT2D eigenvalue weighted by Crippen LogP contribution is 2.26. The van der Waals surface area contributed by atoms with Crippen LogP contribution in [0, 0.1) is 5.92 Å². The van der Waals surface area contributed by atoms with E-state index in [0.717, 1.165) is 19.4 Å². The third-order valence-corrected chi connectivity index (χ3v) is 6.84. The van der Waals surface area contributed by atoms with Crippen molar-refractivity contribution in [3.05, 3.63) is 29.8 Å². The van der Waals surface area contributed by atoms with Gasteiger partial charge < -0.3 is 10.6 Å². The average Bonchev–Trinajstić information content (AvgIpc) is 2.93. The van der Waals surface area contributed by atoms with Gasteiger partial charge in [-0.05, 0) is 50.3 Å². The Labute approximate surface area is 155 Å². The maximum Gasteiger partial charge on any atom is 0.253 e. The summed E-state index contributed by atoms with van der Waals surface area (Å²) in [5.41, 5.74) is 7.12. The molecule has 0 saturated carbocycles. The lowest BCUT2D eigenvalue weighted by atomic mass is 9.92. The Morgan fingerprint density at radius 3 is 2.68 bits per heavy atom. The number of carbonyl (C=O) groups is 1.